The average Bonchev–Trinajstić information content (AvgIpc) is 3.78. The van der Waals surface area contributed by atoms with E-state index in [1.807, 2.05) is 61.3 Å². The van der Waals surface area contributed by atoms with E-state index in [0.717, 1.165) is 61.2 Å². The number of ether oxygens (including phenoxy) is 7. The molecular formula is C47H59BClO9P2. The van der Waals surface area contributed by atoms with Crippen LogP contribution in [-0.4, -0.2) is 85.2 Å². The van der Waals surface area contributed by atoms with Crippen LogP contribution < -0.4 is 9.47 Å². The summed E-state index contributed by atoms with van der Waals surface area (Å²) in [7, 11) is 9.56. The quantitative estimate of drug-likeness (QED) is 0.0438. The first-order chi connectivity index (χ1) is 29.3. The van der Waals surface area contributed by atoms with Gasteiger partial charge in [0.1, 0.15) is 31.2 Å². The van der Waals surface area contributed by atoms with Gasteiger partial charge in [0.15, 0.2) is 6.72 Å². The Morgan fingerprint density at radius 3 is 1.75 bits per heavy atom. The zero-order valence-corrected chi connectivity index (χ0v) is 38.0. The molecule has 321 valence electrons. The third kappa shape index (κ3) is 11.5. The highest BCUT2D eigenvalue weighted by Crippen LogP contribution is 2.49. The number of methoxy groups -OCH3 is 4. The summed E-state index contributed by atoms with van der Waals surface area (Å²) in [6.45, 7) is 3.46. The van der Waals surface area contributed by atoms with Crippen LogP contribution in [0.1, 0.15) is 45.5 Å². The summed E-state index contributed by atoms with van der Waals surface area (Å²) >= 11 is 5.14. The topological polar surface area (TPSA) is 102 Å². The van der Waals surface area contributed by atoms with Gasteiger partial charge < -0.3 is 38.3 Å². The van der Waals surface area contributed by atoms with E-state index in [1.165, 1.54) is 22.3 Å². The Morgan fingerprint density at radius 1 is 0.700 bits per heavy atom. The van der Waals surface area contributed by atoms with Crippen LogP contribution in [0.3, 0.4) is 0 Å². The van der Waals surface area contributed by atoms with Gasteiger partial charge in [0.2, 0.25) is 0 Å². The number of esters is 1. The summed E-state index contributed by atoms with van der Waals surface area (Å²) in [4.78, 5) is 13.1. The number of aliphatic hydroxyl groups excluding tert-OH is 1. The van der Waals surface area contributed by atoms with Crippen LogP contribution in [0, 0.1) is 35.5 Å². The Hall–Kier alpha value is -3.04. The number of carbonyl (C=O) groups excluding carboxylic acids is 1. The zero-order valence-electron chi connectivity index (χ0n) is 35.1. The lowest BCUT2D eigenvalue weighted by atomic mass is 9.75. The molecule has 0 aliphatic heterocycles. The van der Waals surface area contributed by atoms with Crippen molar-refractivity contribution in [3.05, 3.63) is 119 Å². The minimum Gasteiger partial charge on any atom is -0.496 e. The molecule has 8 rings (SSSR count). The SMILES string of the molecule is COCOC[C@H]1[C@H](O)CC2Cc3c(cccc3OC)C[C@@H]21.COCOC[C@H]1[C@H](OC(=O)c2ccc(-c3ccccc3)cc2)CC2Cc3c(cccc3OC)C[C@@H]21.P[B]PCl. The highest BCUT2D eigenvalue weighted by atomic mass is 35.7. The van der Waals surface area contributed by atoms with Crippen molar-refractivity contribution in [2.75, 3.05) is 55.2 Å². The Morgan fingerprint density at radius 2 is 1.22 bits per heavy atom. The molecule has 10 atom stereocenters. The van der Waals surface area contributed by atoms with Crippen LogP contribution in [0.15, 0.2) is 91.0 Å². The molecule has 4 aliphatic rings. The maximum atomic E-state index is 13.1. The molecule has 0 amide bonds. The van der Waals surface area contributed by atoms with Crippen molar-refractivity contribution in [3.8, 4) is 22.6 Å². The van der Waals surface area contributed by atoms with E-state index in [-0.39, 0.29) is 36.8 Å². The second-order valence-electron chi connectivity index (χ2n) is 15.9. The number of hydrogen-bond acceptors (Lipinski definition) is 9. The molecule has 2 saturated carbocycles. The number of benzene rings is 4. The molecule has 1 radical (unpaired) electrons. The summed E-state index contributed by atoms with van der Waals surface area (Å²) in [5.74, 6) is 3.84. The lowest BCUT2D eigenvalue weighted by molar-refractivity contribution is -0.0659. The van der Waals surface area contributed by atoms with Crippen LogP contribution >= 0.6 is 28.2 Å². The van der Waals surface area contributed by atoms with Gasteiger partial charge in [-0.05, 0) is 120 Å². The number of aliphatic hydroxyl groups is 1. The first-order valence-electron chi connectivity index (χ1n) is 20.7. The minimum absolute atomic E-state index is 0.127. The molecule has 0 saturated heterocycles. The van der Waals surface area contributed by atoms with Crippen molar-refractivity contribution >= 4 is 40.9 Å². The molecule has 13 heteroatoms. The van der Waals surface area contributed by atoms with Gasteiger partial charge in [-0.2, -0.15) is 9.12 Å². The van der Waals surface area contributed by atoms with Gasteiger partial charge in [-0.3, -0.25) is 0 Å². The highest BCUT2D eigenvalue weighted by Gasteiger charge is 2.48. The summed E-state index contributed by atoms with van der Waals surface area (Å²) < 4.78 is 38.6. The fourth-order valence-corrected chi connectivity index (χ4v) is 9.93. The normalized spacial score (nSPS) is 24.7. The minimum atomic E-state index is -0.278. The van der Waals surface area contributed by atoms with E-state index in [0.29, 0.717) is 57.1 Å². The number of rotatable bonds is 14. The highest BCUT2D eigenvalue weighted by molar-refractivity contribution is 8.07. The van der Waals surface area contributed by atoms with Gasteiger partial charge in [0.05, 0.1) is 39.1 Å². The maximum absolute atomic E-state index is 13.1. The van der Waals surface area contributed by atoms with Crippen molar-refractivity contribution in [1.29, 1.82) is 0 Å². The first-order valence-corrected chi connectivity index (χ1v) is 23.5. The van der Waals surface area contributed by atoms with E-state index in [4.69, 9.17) is 44.4 Å². The van der Waals surface area contributed by atoms with Crippen molar-refractivity contribution in [2.45, 2.75) is 50.7 Å². The molecule has 2 fully saturated rings. The lowest BCUT2D eigenvalue weighted by Crippen LogP contribution is -2.32. The molecule has 4 unspecified atom stereocenters. The Kier molecular flexibility index (Phi) is 18.1. The van der Waals surface area contributed by atoms with E-state index >= 15 is 0 Å². The molecule has 1 N–H and O–H groups in total. The fraction of sp³-hybridized carbons (Fsp3) is 0.468. The second-order valence-corrected chi connectivity index (χ2v) is 18.2. The van der Waals surface area contributed by atoms with E-state index in [2.05, 4.69) is 45.5 Å². The third-order valence-electron chi connectivity index (χ3n) is 12.7. The number of halogens is 1. The Balaban J connectivity index is 0.000000205. The molecule has 4 aromatic rings. The van der Waals surface area contributed by atoms with Gasteiger partial charge in [-0.15, -0.1) is 11.2 Å². The smallest absolute Gasteiger partial charge is 0.338 e. The van der Waals surface area contributed by atoms with Gasteiger partial charge in [0, 0.05) is 26.1 Å². The van der Waals surface area contributed by atoms with E-state index < -0.39 is 0 Å². The van der Waals surface area contributed by atoms with Gasteiger partial charge in [-0.25, -0.2) is 4.79 Å². The fourth-order valence-electron chi connectivity index (χ4n) is 9.93. The molecule has 0 heterocycles. The Bertz CT molecular complexity index is 1940. The van der Waals surface area contributed by atoms with Gasteiger partial charge in [0.25, 0.3) is 0 Å². The van der Waals surface area contributed by atoms with Crippen LogP contribution in [-0.2, 0) is 49.4 Å². The van der Waals surface area contributed by atoms with Gasteiger partial charge >= 0.3 is 5.97 Å². The molecule has 0 spiro atoms. The first kappa shape index (κ1) is 46.5. The molecule has 0 bridgehead atoms. The number of carbonyl (C=O) groups is 1. The van der Waals surface area contributed by atoms with Gasteiger partial charge in [-0.1, -0.05) is 74.5 Å². The Labute approximate surface area is 365 Å². The summed E-state index contributed by atoms with van der Waals surface area (Å²) in [6.07, 6.45) is 5.13. The molecule has 0 aromatic heterocycles. The standard InChI is InChI=1S/C30H32O5.C17H24O4.BClH3P2/c1-32-19-34-18-27-25-15-23-9-6-10-28(33-2)26(23)16-24(25)17-29(27)35-30(31)22-13-11-21(12-14-22)20-7-4-3-5-8-20;1-19-10-21-9-15-13-6-11-4-3-5-17(20-2)14(11)7-12(13)8-16(15)18;2-4-1-3/h3-14,24-25,27,29H,15-19H2,1-2H3;3-5,12-13,15-16,18H,6-10H2,1-2H3;4H,3H2/t24?,25-,27+,29+;12?,13-,15+,16+;/m00./s1. The largest absolute Gasteiger partial charge is 0.496 e. The van der Waals surface area contributed by atoms with E-state index in [1.54, 1.807) is 28.4 Å². The summed E-state index contributed by atoms with van der Waals surface area (Å²) in [5, 5.41) is 10.4. The van der Waals surface area contributed by atoms with Crippen LogP contribution in [0.25, 0.3) is 11.1 Å². The number of fused-ring (bicyclic) bond motifs is 4. The lowest BCUT2D eigenvalue weighted by Gasteiger charge is -2.32. The van der Waals surface area contributed by atoms with Crippen molar-refractivity contribution < 1.29 is 43.1 Å². The predicted octanol–water partition coefficient (Wildman–Crippen LogP) is 8.81. The zero-order chi connectivity index (χ0) is 42.4. The summed E-state index contributed by atoms with van der Waals surface area (Å²) in [5.41, 5.74) is 8.07. The monoisotopic (exact) mass is 875 g/mol. The van der Waals surface area contributed by atoms with Crippen LogP contribution in [0.4, 0.5) is 0 Å². The van der Waals surface area contributed by atoms with E-state index in [9.17, 15) is 9.90 Å². The third-order valence-corrected chi connectivity index (χ3v) is 14.3. The van der Waals surface area contributed by atoms with Crippen LogP contribution in [0.2, 0.25) is 0 Å². The maximum Gasteiger partial charge on any atom is 0.338 e. The molecule has 4 aromatic carbocycles. The summed E-state index contributed by atoms with van der Waals surface area (Å²) in [6, 6.07) is 30.3. The molecule has 60 heavy (non-hydrogen) atoms. The molecule has 9 nitrogen and oxygen atoms in total. The molecular weight excluding hydrogens is 817 g/mol. The predicted molar refractivity (Wildman–Crippen MR) is 243 cm³/mol. The molecule has 4 aliphatic carbocycles. The average molecular weight is 876 g/mol. The van der Waals surface area contributed by atoms with Crippen molar-refractivity contribution in [3.63, 3.8) is 0 Å². The number of hydrogen-bond donors (Lipinski definition) is 1. The van der Waals surface area contributed by atoms with Crippen molar-refractivity contribution in [1.82, 2.24) is 0 Å². The second kappa shape index (κ2) is 23.4. The van der Waals surface area contributed by atoms with Crippen LogP contribution in [0.5, 0.6) is 11.5 Å². The van der Waals surface area contributed by atoms with Crippen molar-refractivity contribution in [2.24, 2.45) is 35.5 Å².